The summed E-state index contributed by atoms with van der Waals surface area (Å²) in [6.07, 6.45) is 0. The van der Waals surface area contributed by atoms with Crippen LogP contribution in [0.1, 0.15) is 20.7 Å². The van der Waals surface area contributed by atoms with Crippen molar-refractivity contribution >= 4 is 17.8 Å². The zero-order chi connectivity index (χ0) is 17.5. The second kappa shape index (κ2) is 7.87. The van der Waals surface area contributed by atoms with Crippen LogP contribution in [-0.4, -0.2) is 31.5 Å². The molecule has 0 fully saturated rings. The van der Waals surface area contributed by atoms with Gasteiger partial charge < -0.3 is 9.47 Å². The molecule has 6 nitrogen and oxygen atoms in total. The van der Waals surface area contributed by atoms with Crippen LogP contribution in [0.2, 0.25) is 0 Å². The number of imide groups is 1. The summed E-state index contributed by atoms with van der Waals surface area (Å²) < 4.78 is 22.6. The minimum absolute atomic E-state index is 0.0975. The van der Waals surface area contributed by atoms with E-state index < -0.39 is 30.2 Å². The lowest BCUT2D eigenvalue weighted by Crippen LogP contribution is -2.34. The second-order valence-electron chi connectivity index (χ2n) is 4.66. The summed E-state index contributed by atoms with van der Waals surface area (Å²) in [7, 11) is 1.40. The first kappa shape index (κ1) is 17.1. The molecule has 0 saturated heterocycles. The highest BCUT2D eigenvalue weighted by Gasteiger charge is 2.16. The van der Waals surface area contributed by atoms with Gasteiger partial charge in [-0.2, -0.15) is 0 Å². The Morgan fingerprint density at radius 3 is 2.38 bits per heavy atom. The third-order valence-corrected chi connectivity index (χ3v) is 3.02. The molecule has 2 aromatic carbocycles. The number of carbonyl (C=O) groups is 3. The molecule has 0 aliphatic heterocycles. The van der Waals surface area contributed by atoms with E-state index in [1.807, 2.05) is 0 Å². The second-order valence-corrected chi connectivity index (χ2v) is 4.66. The van der Waals surface area contributed by atoms with E-state index in [9.17, 15) is 18.8 Å². The summed E-state index contributed by atoms with van der Waals surface area (Å²) in [5, 5.41) is 2.09. The Morgan fingerprint density at radius 2 is 1.71 bits per heavy atom. The maximum absolute atomic E-state index is 12.8. The largest absolute Gasteiger partial charge is 0.496 e. The minimum atomic E-state index is -0.796. The zero-order valence-electron chi connectivity index (χ0n) is 12.7. The minimum Gasteiger partial charge on any atom is -0.496 e. The van der Waals surface area contributed by atoms with Crippen molar-refractivity contribution in [2.45, 2.75) is 0 Å². The van der Waals surface area contributed by atoms with Crippen molar-refractivity contribution in [3.05, 3.63) is 65.5 Å². The number of hydrogen-bond acceptors (Lipinski definition) is 5. The molecule has 1 N–H and O–H groups in total. The Labute approximate surface area is 137 Å². The van der Waals surface area contributed by atoms with Crippen LogP contribution in [0.15, 0.2) is 48.5 Å². The fourth-order valence-corrected chi connectivity index (χ4v) is 1.86. The quantitative estimate of drug-likeness (QED) is 0.847. The summed E-state index contributed by atoms with van der Waals surface area (Å²) in [4.78, 5) is 35.4. The average Bonchev–Trinajstić information content (AvgIpc) is 2.60. The van der Waals surface area contributed by atoms with Crippen LogP contribution in [-0.2, 0) is 9.53 Å². The van der Waals surface area contributed by atoms with Gasteiger partial charge in [-0.15, -0.1) is 0 Å². The van der Waals surface area contributed by atoms with Gasteiger partial charge in [0.2, 0.25) is 0 Å². The summed E-state index contributed by atoms with van der Waals surface area (Å²) >= 11 is 0. The van der Waals surface area contributed by atoms with Crippen molar-refractivity contribution < 1.29 is 28.2 Å². The Kier molecular flexibility index (Phi) is 5.62. The number of benzene rings is 2. The van der Waals surface area contributed by atoms with Gasteiger partial charge in [0.1, 0.15) is 11.6 Å². The SMILES string of the molecule is COc1ccccc1C(=O)NC(=O)COC(=O)c1ccc(F)cc1. The van der Waals surface area contributed by atoms with E-state index in [0.29, 0.717) is 5.75 Å². The van der Waals surface area contributed by atoms with Gasteiger partial charge >= 0.3 is 5.97 Å². The Bertz CT molecular complexity index is 758. The van der Waals surface area contributed by atoms with E-state index in [2.05, 4.69) is 5.32 Å². The van der Waals surface area contributed by atoms with Crippen LogP contribution in [0.25, 0.3) is 0 Å². The lowest BCUT2D eigenvalue weighted by molar-refractivity contribution is -0.123. The fourth-order valence-electron chi connectivity index (χ4n) is 1.86. The highest BCUT2D eigenvalue weighted by atomic mass is 19.1. The standard InChI is InChI=1S/C17H14FNO5/c1-23-14-5-3-2-4-13(14)16(21)19-15(20)10-24-17(22)11-6-8-12(18)9-7-11/h2-9H,10H2,1H3,(H,19,20,21). The molecule has 2 aromatic rings. The molecule has 0 aromatic heterocycles. The van der Waals surface area contributed by atoms with E-state index in [4.69, 9.17) is 9.47 Å². The molecule has 0 unspecified atom stereocenters. The third-order valence-electron chi connectivity index (χ3n) is 3.02. The molecule has 24 heavy (non-hydrogen) atoms. The normalized spacial score (nSPS) is 9.92. The predicted molar refractivity (Wildman–Crippen MR) is 82.1 cm³/mol. The number of amides is 2. The van der Waals surface area contributed by atoms with Crippen molar-refractivity contribution in [1.82, 2.24) is 5.32 Å². The molecule has 0 atom stereocenters. The number of halogens is 1. The van der Waals surface area contributed by atoms with Gasteiger partial charge in [-0.1, -0.05) is 12.1 Å². The van der Waals surface area contributed by atoms with Crippen LogP contribution in [0.3, 0.4) is 0 Å². The molecule has 2 amide bonds. The van der Waals surface area contributed by atoms with Gasteiger partial charge in [0, 0.05) is 0 Å². The van der Waals surface area contributed by atoms with Gasteiger partial charge in [0.25, 0.3) is 11.8 Å². The number of esters is 1. The van der Waals surface area contributed by atoms with Gasteiger partial charge in [0.15, 0.2) is 6.61 Å². The first-order valence-corrected chi connectivity index (χ1v) is 6.91. The zero-order valence-corrected chi connectivity index (χ0v) is 12.7. The lowest BCUT2D eigenvalue weighted by Gasteiger charge is -2.08. The highest BCUT2D eigenvalue weighted by molar-refractivity contribution is 6.07. The number of carbonyl (C=O) groups excluding carboxylic acids is 3. The third kappa shape index (κ3) is 4.39. The molecule has 0 bridgehead atoms. The van der Waals surface area contributed by atoms with Crippen molar-refractivity contribution in [2.75, 3.05) is 13.7 Å². The molecule has 0 spiro atoms. The van der Waals surface area contributed by atoms with Gasteiger partial charge in [-0.3, -0.25) is 14.9 Å². The predicted octanol–water partition coefficient (Wildman–Crippen LogP) is 1.95. The highest BCUT2D eigenvalue weighted by Crippen LogP contribution is 2.16. The maximum Gasteiger partial charge on any atom is 0.338 e. The molecule has 0 heterocycles. The van der Waals surface area contributed by atoms with Crippen LogP contribution in [0.4, 0.5) is 4.39 Å². The number of nitrogens with one attached hydrogen (secondary N) is 1. The van der Waals surface area contributed by atoms with Crippen LogP contribution in [0, 0.1) is 5.82 Å². The molecule has 0 aliphatic rings. The van der Waals surface area contributed by atoms with E-state index in [0.717, 1.165) is 12.1 Å². The van der Waals surface area contributed by atoms with Crippen molar-refractivity contribution in [2.24, 2.45) is 0 Å². The van der Waals surface area contributed by atoms with Crippen molar-refractivity contribution in [1.29, 1.82) is 0 Å². The summed E-state index contributed by atoms with van der Waals surface area (Å²) in [5.41, 5.74) is 0.276. The number of para-hydroxylation sites is 1. The fraction of sp³-hybridized carbons (Fsp3) is 0.118. The van der Waals surface area contributed by atoms with E-state index in [1.165, 1.54) is 25.3 Å². The lowest BCUT2D eigenvalue weighted by atomic mass is 10.2. The molecule has 0 aliphatic carbocycles. The van der Waals surface area contributed by atoms with E-state index in [1.54, 1.807) is 18.2 Å². The Balaban J connectivity index is 1.90. The van der Waals surface area contributed by atoms with Crippen LogP contribution >= 0.6 is 0 Å². The van der Waals surface area contributed by atoms with Gasteiger partial charge in [-0.05, 0) is 36.4 Å². The Morgan fingerprint density at radius 1 is 1.04 bits per heavy atom. The Hall–Kier alpha value is -3.22. The molecule has 0 saturated carbocycles. The molecule has 2 rings (SSSR count). The monoisotopic (exact) mass is 331 g/mol. The molecule has 7 heteroatoms. The number of rotatable bonds is 5. The first-order chi connectivity index (χ1) is 11.5. The molecule has 124 valence electrons. The number of ether oxygens (including phenoxy) is 2. The summed E-state index contributed by atoms with van der Waals surface area (Å²) in [5.74, 6) is -2.44. The molecule has 0 radical (unpaired) electrons. The molecular weight excluding hydrogens is 317 g/mol. The maximum atomic E-state index is 12.8. The molecular formula is C17H14FNO5. The summed E-state index contributed by atoms with van der Waals surface area (Å²) in [6, 6.07) is 11.0. The van der Waals surface area contributed by atoms with Crippen LogP contribution < -0.4 is 10.1 Å². The number of hydrogen-bond donors (Lipinski definition) is 1. The van der Waals surface area contributed by atoms with Crippen molar-refractivity contribution in [3.8, 4) is 5.75 Å². The topological polar surface area (TPSA) is 81.7 Å². The average molecular weight is 331 g/mol. The van der Waals surface area contributed by atoms with Gasteiger partial charge in [0.05, 0.1) is 18.2 Å². The van der Waals surface area contributed by atoms with Crippen molar-refractivity contribution in [3.63, 3.8) is 0 Å². The first-order valence-electron chi connectivity index (χ1n) is 6.91. The van der Waals surface area contributed by atoms with Crippen LogP contribution in [0.5, 0.6) is 5.75 Å². The van der Waals surface area contributed by atoms with E-state index in [-0.39, 0.29) is 11.1 Å². The smallest absolute Gasteiger partial charge is 0.338 e. The summed E-state index contributed by atoms with van der Waals surface area (Å²) in [6.45, 7) is -0.642. The van der Waals surface area contributed by atoms with Gasteiger partial charge in [-0.25, -0.2) is 9.18 Å². The van der Waals surface area contributed by atoms with E-state index >= 15 is 0 Å². The number of methoxy groups -OCH3 is 1.